The number of hydrogen-bond donors (Lipinski definition) is 0. The summed E-state index contributed by atoms with van der Waals surface area (Å²) in [5, 5.41) is 0. The van der Waals surface area contributed by atoms with Crippen molar-refractivity contribution in [1.29, 1.82) is 0 Å². The second-order valence-corrected chi connectivity index (χ2v) is 8.15. The van der Waals surface area contributed by atoms with Gasteiger partial charge in [0.1, 0.15) is 6.10 Å². The van der Waals surface area contributed by atoms with Crippen molar-refractivity contribution in [3.05, 3.63) is 12.7 Å². The first kappa shape index (κ1) is 38.4. The first-order valence-electron chi connectivity index (χ1n) is 12.4. The number of hydrogen-bond acceptors (Lipinski definition) is 4. The van der Waals surface area contributed by atoms with E-state index in [4.69, 9.17) is 25.4 Å². The molecule has 0 amide bonds. The van der Waals surface area contributed by atoms with Crippen LogP contribution in [-0.4, -0.2) is 53.4 Å². The second-order valence-electron chi connectivity index (χ2n) is 8.15. The monoisotopic (exact) mass is 458 g/mol. The Labute approximate surface area is 202 Å². The molecular formula is C28H58O4. The standard InChI is InChI=1S/C9H18O.C9H16O.C6H14O.C4H10O/c2*1-4-6-7-8-9(5-2)10-3;1-4-6(2)5-7-3;1-4(2)5-3/h5,9H,2,4,6-8H2,1,3H3;2,9H,4,6-8H2,1,3H3;6H,4-5H2,1-3H3;4H,1-3H3. The Morgan fingerprint density at radius 1 is 0.812 bits per heavy atom. The second kappa shape index (κ2) is 34.7. The molecule has 32 heavy (non-hydrogen) atoms. The third-order valence-corrected chi connectivity index (χ3v) is 4.82. The Kier molecular flexibility index (Phi) is 41.7. The number of rotatable bonds is 15. The molecule has 0 aromatic rings. The lowest BCUT2D eigenvalue weighted by atomic mass is 10.1. The minimum Gasteiger partial charge on any atom is -0.384 e. The van der Waals surface area contributed by atoms with E-state index >= 15 is 0 Å². The average Bonchev–Trinajstić information content (AvgIpc) is 2.81. The van der Waals surface area contributed by atoms with Crippen LogP contribution in [0.25, 0.3) is 0 Å². The maximum atomic E-state index is 5.19. The van der Waals surface area contributed by atoms with Crippen LogP contribution in [0, 0.1) is 18.3 Å². The van der Waals surface area contributed by atoms with Crippen LogP contribution < -0.4 is 0 Å². The van der Waals surface area contributed by atoms with Gasteiger partial charge in [-0.25, -0.2) is 0 Å². The van der Waals surface area contributed by atoms with E-state index < -0.39 is 0 Å². The smallest absolute Gasteiger partial charge is 0.117 e. The van der Waals surface area contributed by atoms with Gasteiger partial charge in [-0.2, -0.15) is 0 Å². The third-order valence-electron chi connectivity index (χ3n) is 4.82. The summed E-state index contributed by atoms with van der Waals surface area (Å²) in [6.07, 6.45) is 18.6. The number of ether oxygens (including phenoxy) is 4. The molecule has 0 aliphatic rings. The number of unbranched alkanes of at least 4 members (excludes halogenated alkanes) is 4. The SMILES string of the molecule is C#CC(CCCCC)OC.C=CC(CCCCC)OC.CCC(C)COC.COC(C)C. The van der Waals surface area contributed by atoms with Gasteiger partial charge < -0.3 is 18.9 Å². The van der Waals surface area contributed by atoms with E-state index in [9.17, 15) is 0 Å². The Morgan fingerprint density at radius 2 is 1.31 bits per heavy atom. The summed E-state index contributed by atoms with van der Waals surface area (Å²) in [6, 6.07) is 0. The van der Waals surface area contributed by atoms with Gasteiger partial charge in [0.15, 0.2) is 0 Å². The van der Waals surface area contributed by atoms with Crippen molar-refractivity contribution in [1.82, 2.24) is 0 Å². The molecule has 4 nitrogen and oxygen atoms in total. The maximum Gasteiger partial charge on any atom is 0.117 e. The lowest BCUT2D eigenvalue weighted by Crippen LogP contribution is -2.06. The van der Waals surface area contributed by atoms with Gasteiger partial charge in [0.05, 0.1) is 12.2 Å². The topological polar surface area (TPSA) is 36.9 Å². The molecule has 0 aromatic carbocycles. The zero-order valence-corrected chi connectivity index (χ0v) is 23.4. The average molecular weight is 459 g/mol. The third kappa shape index (κ3) is 39.6. The van der Waals surface area contributed by atoms with Crippen LogP contribution in [0.15, 0.2) is 12.7 Å². The van der Waals surface area contributed by atoms with E-state index in [0.29, 0.717) is 6.10 Å². The van der Waals surface area contributed by atoms with Crippen LogP contribution in [0.3, 0.4) is 0 Å². The predicted octanol–water partition coefficient (Wildman–Crippen LogP) is 7.70. The Balaban J connectivity index is -0.000000169. The summed E-state index contributed by atoms with van der Waals surface area (Å²) in [6.45, 7) is 17.3. The van der Waals surface area contributed by atoms with Crippen molar-refractivity contribution >= 4 is 0 Å². The first-order chi connectivity index (χ1) is 15.3. The molecule has 0 saturated heterocycles. The molecule has 0 rings (SSSR count). The number of methoxy groups -OCH3 is 4. The zero-order chi connectivity index (χ0) is 25.6. The highest BCUT2D eigenvalue weighted by Gasteiger charge is 2.00. The molecule has 0 radical (unpaired) electrons. The summed E-state index contributed by atoms with van der Waals surface area (Å²) < 4.78 is 19.8. The van der Waals surface area contributed by atoms with E-state index in [1.807, 2.05) is 19.9 Å². The predicted molar refractivity (Wildman–Crippen MR) is 142 cm³/mol. The first-order valence-corrected chi connectivity index (χ1v) is 12.4. The molecular weight excluding hydrogens is 400 g/mol. The highest BCUT2D eigenvalue weighted by atomic mass is 16.5. The van der Waals surface area contributed by atoms with Crippen molar-refractivity contribution in [2.24, 2.45) is 5.92 Å². The lowest BCUT2D eigenvalue weighted by Gasteiger charge is -2.08. The molecule has 0 spiro atoms. The molecule has 0 heterocycles. The Hall–Kier alpha value is -0.860. The molecule has 3 unspecified atom stereocenters. The van der Waals surface area contributed by atoms with Crippen molar-refractivity contribution in [3.8, 4) is 12.3 Å². The van der Waals surface area contributed by atoms with Gasteiger partial charge >= 0.3 is 0 Å². The molecule has 0 bridgehead atoms. The quantitative estimate of drug-likeness (QED) is 0.143. The van der Waals surface area contributed by atoms with Crippen molar-refractivity contribution < 1.29 is 18.9 Å². The molecule has 0 fully saturated rings. The molecule has 4 heteroatoms. The summed E-state index contributed by atoms with van der Waals surface area (Å²) >= 11 is 0. The van der Waals surface area contributed by atoms with Gasteiger partial charge in [0.2, 0.25) is 0 Å². The normalized spacial score (nSPS) is 12.6. The fraction of sp³-hybridized carbons (Fsp3) is 0.857. The van der Waals surface area contributed by atoms with E-state index in [1.165, 1.54) is 44.9 Å². The van der Waals surface area contributed by atoms with Crippen LogP contribution in [0.1, 0.15) is 99.3 Å². The van der Waals surface area contributed by atoms with E-state index in [-0.39, 0.29) is 12.2 Å². The van der Waals surface area contributed by atoms with Crippen LogP contribution in [0.5, 0.6) is 0 Å². The molecule has 0 N–H and O–H groups in total. The fourth-order valence-corrected chi connectivity index (χ4v) is 2.18. The molecule has 194 valence electrons. The number of terminal acetylenes is 1. The summed E-state index contributed by atoms with van der Waals surface area (Å²) in [5.41, 5.74) is 0. The highest BCUT2D eigenvalue weighted by molar-refractivity contribution is 4.93. The maximum absolute atomic E-state index is 5.19. The van der Waals surface area contributed by atoms with Crippen LogP contribution in [0.2, 0.25) is 0 Å². The summed E-state index contributed by atoms with van der Waals surface area (Å²) in [7, 11) is 6.84. The summed E-state index contributed by atoms with van der Waals surface area (Å²) in [5.74, 6) is 3.32. The van der Waals surface area contributed by atoms with Crippen LogP contribution in [-0.2, 0) is 18.9 Å². The Morgan fingerprint density at radius 3 is 1.56 bits per heavy atom. The van der Waals surface area contributed by atoms with Crippen LogP contribution in [0.4, 0.5) is 0 Å². The molecule has 0 saturated carbocycles. The molecule has 0 aromatic heterocycles. The van der Waals surface area contributed by atoms with Crippen molar-refractivity contribution in [3.63, 3.8) is 0 Å². The van der Waals surface area contributed by atoms with E-state index in [2.05, 4.69) is 40.2 Å². The van der Waals surface area contributed by atoms with Gasteiger partial charge in [-0.15, -0.1) is 13.0 Å². The van der Waals surface area contributed by atoms with Gasteiger partial charge in [0, 0.05) is 35.0 Å². The van der Waals surface area contributed by atoms with Crippen molar-refractivity contribution in [2.75, 3.05) is 35.0 Å². The van der Waals surface area contributed by atoms with Gasteiger partial charge in [-0.1, -0.05) is 78.2 Å². The minimum absolute atomic E-state index is 0.0338. The largest absolute Gasteiger partial charge is 0.384 e. The van der Waals surface area contributed by atoms with Gasteiger partial charge in [0.25, 0.3) is 0 Å². The molecule has 3 atom stereocenters. The summed E-state index contributed by atoms with van der Waals surface area (Å²) in [4.78, 5) is 0. The fourth-order valence-electron chi connectivity index (χ4n) is 2.18. The van der Waals surface area contributed by atoms with E-state index in [1.54, 1.807) is 28.4 Å². The van der Waals surface area contributed by atoms with Gasteiger partial charge in [-0.3, -0.25) is 0 Å². The zero-order valence-electron chi connectivity index (χ0n) is 23.4. The van der Waals surface area contributed by atoms with Crippen molar-refractivity contribution in [2.45, 2.75) is 118 Å². The molecule has 0 aliphatic heterocycles. The van der Waals surface area contributed by atoms with Crippen LogP contribution >= 0.6 is 0 Å². The lowest BCUT2D eigenvalue weighted by molar-refractivity contribution is 0.131. The molecule has 0 aliphatic carbocycles. The highest BCUT2D eigenvalue weighted by Crippen LogP contribution is 2.06. The Bertz CT molecular complexity index is 363. The van der Waals surface area contributed by atoms with E-state index in [0.717, 1.165) is 25.4 Å². The van der Waals surface area contributed by atoms with Gasteiger partial charge in [-0.05, 0) is 39.0 Å². The minimum atomic E-state index is 0.0338.